The number of nitrogens with zero attached hydrogens (tertiary/aromatic N) is 1. The van der Waals surface area contributed by atoms with Gasteiger partial charge in [0.25, 0.3) is 0 Å². The van der Waals surface area contributed by atoms with Crippen molar-refractivity contribution in [1.82, 2.24) is 10.2 Å². The summed E-state index contributed by atoms with van der Waals surface area (Å²) in [5.74, 6) is -0.0279. The van der Waals surface area contributed by atoms with Gasteiger partial charge < -0.3 is 10.6 Å². The van der Waals surface area contributed by atoms with Gasteiger partial charge >= 0.3 is 0 Å². The molecule has 17 heavy (non-hydrogen) atoms. The number of hydrogen-bond donors (Lipinski definition) is 2. The first-order chi connectivity index (χ1) is 8.24. The number of hydrogen-bond acceptors (Lipinski definition) is 3. The Kier molecular flexibility index (Phi) is 4.12. The van der Waals surface area contributed by atoms with E-state index in [1.54, 1.807) is 0 Å². The van der Waals surface area contributed by atoms with Gasteiger partial charge in [-0.2, -0.15) is 0 Å². The molecule has 0 spiro atoms. The van der Waals surface area contributed by atoms with Gasteiger partial charge in [-0.1, -0.05) is 12.1 Å². The third-order valence-corrected chi connectivity index (χ3v) is 2.89. The fourth-order valence-corrected chi connectivity index (χ4v) is 2.02. The highest BCUT2D eigenvalue weighted by Crippen LogP contribution is 2.11. The fraction of sp³-hybridized carbons (Fsp3) is 0.462. The molecule has 1 aromatic rings. The van der Waals surface area contributed by atoms with Crippen molar-refractivity contribution in [3.05, 3.63) is 29.8 Å². The number of carbonyl (C=O) groups is 1. The molecule has 0 bridgehead atoms. The number of anilines is 1. The van der Waals surface area contributed by atoms with Crippen LogP contribution in [0.15, 0.2) is 24.3 Å². The van der Waals surface area contributed by atoms with Gasteiger partial charge in [0, 0.05) is 45.3 Å². The molecule has 0 atom stereocenters. The molecular formula is C13H19N3O. The summed E-state index contributed by atoms with van der Waals surface area (Å²) in [7, 11) is 0. The Morgan fingerprint density at radius 2 is 1.94 bits per heavy atom. The lowest BCUT2D eigenvalue weighted by Crippen LogP contribution is -2.42. The van der Waals surface area contributed by atoms with Gasteiger partial charge in [-0.15, -0.1) is 0 Å². The summed E-state index contributed by atoms with van der Waals surface area (Å²) in [5.41, 5.74) is 2.16. The Labute approximate surface area is 102 Å². The summed E-state index contributed by atoms with van der Waals surface area (Å²) in [5, 5.41) is 6.12. The lowest BCUT2D eigenvalue weighted by atomic mass is 10.2. The Bertz CT molecular complexity index is 369. The van der Waals surface area contributed by atoms with Crippen LogP contribution in [0.2, 0.25) is 0 Å². The van der Waals surface area contributed by atoms with Crippen molar-refractivity contribution in [2.75, 3.05) is 31.5 Å². The van der Waals surface area contributed by atoms with Gasteiger partial charge in [0.1, 0.15) is 0 Å². The van der Waals surface area contributed by atoms with Crippen LogP contribution in [0, 0.1) is 0 Å². The van der Waals surface area contributed by atoms with Crippen LogP contribution < -0.4 is 10.6 Å². The molecule has 0 aliphatic carbocycles. The van der Waals surface area contributed by atoms with E-state index in [-0.39, 0.29) is 5.91 Å². The van der Waals surface area contributed by atoms with E-state index in [1.165, 1.54) is 12.5 Å². The predicted molar refractivity (Wildman–Crippen MR) is 68.9 cm³/mol. The number of piperazine rings is 1. The molecule has 0 saturated carbocycles. The van der Waals surface area contributed by atoms with Crippen LogP contribution in [-0.4, -0.2) is 37.0 Å². The molecule has 2 N–H and O–H groups in total. The van der Waals surface area contributed by atoms with Crippen LogP contribution in [0.25, 0.3) is 0 Å². The van der Waals surface area contributed by atoms with Crippen molar-refractivity contribution < 1.29 is 4.79 Å². The molecule has 4 heteroatoms. The normalized spacial score (nSPS) is 16.8. The first-order valence-corrected chi connectivity index (χ1v) is 6.03. The van der Waals surface area contributed by atoms with E-state index in [2.05, 4.69) is 27.7 Å². The molecule has 1 amide bonds. The van der Waals surface area contributed by atoms with Crippen molar-refractivity contribution in [1.29, 1.82) is 0 Å². The van der Waals surface area contributed by atoms with Crippen molar-refractivity contribution in [2.45, 2.75) is 13.5 Å². The quantitative estimate of drug-likeness (QED) is 0.820. The topological polar surface area (TPSA) is 44.4 Å². The van der Waals surface area contributed by atoms with Gasteiger partial charge in [-0.25, -0.2) is 0 Å². The summed E-state index contributed by atoms with van der Waals surface area (Å²) < 4.78 is 0. The minimum Gasteiger partial charge on any atom is -0.326 e. The summed E-state index contributed by atoms with van der Waals surface area (Å²) in [4.78, 5) is 13.3. The molecule has 1 saturated heterocycles. The average molecular weight is 233 g/mol. The predicted octanol–water partition coefficient (Wildman–Crippen LogP) is 1.05. The monoisotopic (exact) mass is 233 g/mol. The van der Waals surface area contributed by atoms with E-state index in [1.807, 2.05) is 12.1 Å². The van der Waals surface area contributed by atoms with Crippen LogP contribution >= 0.6 is 0 Å². The van der Waals surface area contributed by atoms with Crippen LogP contribution in [0.3, 0.4) is 0 Å². The first kappa shape index (κ1) is 12.1. The van der Waals surface area contributed by atoms with Crippen molar-refractivity contribution in [2.24, 2.45) is 0 Å². The van der Waals surface area contributed by atoms with Gasteiger partial charge in [0.05, 0.1) is 0 Å². The van der Waals surface area contributed by atoms with Gasteiger partial charge in [0.2, 0.25) is 5.91 Å². The number of carbonyl (C=O) groups excluding carboxylic acids is 1. The third-order valence-electron chi connectivity index (χ3n) is 2.89. The van der Waals surface area contributed by atoms with Crippen LogP contribution in [0.4, 0.5) is 5.69 Å². The second-order valence-corrected chi connectivity index (χ2v) is 4.40. The smallest absolute Gasteiger partial charge is 0.221 e. The molecule has 2 rings (SSSR count). The zero-order valence-corrected chi connectivity index (χ0v) is 10.2. The van der Waals surface area contributed by atoms with E-state index < -0.39 is 0 Å². The van der Waals surface area contributed by atoms with E-state index in [4.69, 9.17) is 0 Å². The number of benzene rings is 1. The summed E-state index contributed by atoms with van der Waals surface area (Å²) >= 11 is 0. The summed E-state index contributed by atoms with van der Waals surface area (Å²) in [6, 6.07) is 8.07. The first-order valence-electron chi connectivity index (χ1n) is 6.03. The molecule has 0 unspecified atom stereocenters. The van der Waals surface area contributed by atoms with E-state index >= 15 is 0 Å². The number of rotatable bonds is 3. The molecule has 1 fully saturated rings. The lowest BCUT2D eigenvalue weighted by Gasteiger charge is -2.27. The maximum atomic E-state index is 10.9. The van der Waals surface area contributed by atoms with Crippen LogP contribution in [0.5, 0.6) is 0 Å². The molecule has 92 valence electrons. The van der Waals surface area contributed by atoms with Crippen molar-refractivity contribution >= 4 is 11.6 Å². The Morgan fingerprint density at radius 1 is 1.29 bits per heavy atom. The minimum absolute atomic E-state index is 0.0279. The Morgan fingerprint density at radius 3 is 2.53 bits per heavy atom. The maximum absolute atomic E-state index is 10.9. The molecule has 1 aliphatic rings. The Hall–Kier alpha value is -1.39. The molecular weight excluding hydrogens is 214 g/mol. The third kappa shape index (κ3) is 3.84. The van der Waals surface area contributed by atoms with Gasteiger partial charge in [-0.05, 0) is 17.7 Å². The van der Waals surface area contributed by atoms with E-state index in [0.29, 0.717) is 0 Å². The molecule has 4 nitrogen and oxygen atoms in total. The number of nitrogens with one attached hydrogen (secondary N) is 2. The minimum atomic E-state index is -0.0279. The van der Waals surface area contributed by atoms with Crippen LogP contribution in [0.1, 0.15) is 12.5 Å². The highest BCUT2D eigenvalue weighted by molar-refractivity contribution is 5.88. The van der Waals surface area contributed by atoms with Crippen molar-refractivity contribution in [3.63, 3.8) is 0 Å². The zero-order valence-electron chi connectivity index (χ0n) is 10.2. The van der Waals surface area contributed by atoms with Gasteiger partial charge in [0.15, 0.2) is 0 Å². The molecule has 1 aromatic carbocycles. The maximum Gasteiger partial charge on any atom is 0.221 e. The highest BCUT2D eigenvalue weighted by atomic mass is 16.1. The largest absolute Gasteiger partial charge is 0.326 e. The number of amides is 1. The highest BCUT2D eigenvalue weighted by Gasteiger charge is 2.09. The zero-order chi connectivity index (χ0) is 12.1. The summed E-state index contributed by atoms with van der Waals surface area (Å²) in [6.07, 6.45) is 0. The summed E-state index contributed by atoms with van der Waals surface area (Å²) in [6.45, 7) is 6.87. The molecule has 1 aliphatic heterocycles. The molecule has 1 heterocycles. The second kappa shape index (κ2) is 5.80. The van der Waals surface area contributed by atoms with Crippen molar-refractivity contribution in [3.8, 4) is 0 Å². The van der Waals surface area contributed by atoms with E-state index in [0.717, 1.165) is 38.4 Å². The van der Waals surface area contributed by atoms with E-state index in [9.17, 15) is 4.79 Å². The van der Waals surface area contributed by atoms with Gasteiger partial charge in [-0.3, -0.25) is 9.69 Å². The average Bonchev–Trinajstić information content (AvgIpc) is 2.32. The SMILES string of the molecule is CC(=O)Nc1ccc(CN2CCNCC2)cc1. The van der Waals surface area contributed by atoms with Crippen LogP contribution in [-0.2, 0) is 11.3 Å². The standard InChI is InChI=1S/C13H19N3O/c1-11(17)15-13-4-2-12(3-5-13)10-16-8-6-14-7-9-16/h2-5,14H,6-10H2,1H3,(H,15,17). The lowest BCUT2D eigenvalue weighted by molar-refractivity contribution is -0.114. The second-order valence-electron chi connectivity index (χ2n) is 4.40. The molecule has 0 radical (unpaired) electrons. The fourth-order valence-electron chi connectivity index (χ4n) is 2.02. The Balaban J connectivity index is 1.90. The molecule has 0 aromatic heterocycles.